The molecule has 3 aromatic rings. The predicted octanol–water partition coefficient (Wildman–Crippen LogP) is 3.27. The molecule has 2 heterocycles. The van der Waals surface area contributed by atoms with Gasteiger partial charge in [-0.15, -0.1) is 0 Å². The Bertz CT molecular complexity index is 2470. The largest absolute Gasteiger partial charge is 0.463 e. The Morgan fingerprint density at radius 1 is 0.473 bits per heavy atom. The number of esters is 8. The monoisotopic (exact) mass is 1040 g/mol. The first-order valence-corrected chi connectivity index (χ1v) is 23.3. The highest BCUT2D eigenvalue weighted by Gasteiger charge is 2.58. The molecular weight excluding hydrogens is 979 g/mol. The lowest BCUT2D eigenvalue weighted by Crippen LogP contribution is -2.67. The van der Waals surface area contributed by atoms with Gasteiger partial charge in [0.1, 0.15) is 38.6 Å². The van der Waals surface area contributed by atoms with Crippen molar-refractivity contribution < 1.29 is 105 Å². The fourth-order valence-corrected chi connectivity index (χ4v) is 8.57. The molecular formula is C51H57NO22. The minimum Gasteiger partial charge on any atom is -0.463 e. The molecule has 0 bridgehead atoms. The van der Waals surface area contributed by atoms with Gasteiger partial charge in [0, 0.05) is 54.4 Å². The molecule has 1 amide bonds. The van der Waals surface area contributed by atoms with E-state index >= 15 is 0 Å². The molecule has 0 radical (unpaired) electrons. The van der Waals surface area contributed by atoms with E-state index in [-0.39, 0.29) is 19.1 Å². The molecule has 2 fully saturated rings. The van der Waals surface area contributed by atoms with E-state index in [2.05, 4.69) is 5.32 Å². The maximum absolute atomic E-state index is 14.0. The molecule has 0 unspecified atom stereocenters. The van der Waals surface area contributed by atoms with E-state index in [0.29, 0.717) is 5.56 Å². The molecule has 11 atom stereocenters. The van der Waals surface area contributed by atoms with Crippen molar-refractivity contribution in [1.29, 1.82) is 0 Å². The lowest BCUT2D eigenvalue weighted by molar-refractivity contribution is -0.368. The average molecular weight is 1040 g/mol. The lowest BCUT2D eigenvalue weighted by atomic mass is 9.96. The number of ether oxygens (including phenoxy) is 13. The van der Waals surface area contributed by atoms with E-state index in [4.69, 9.17) is 61.6 Å². The predicted molar refractivity (Wildman–Crippen MR) is 247 cm³/mol. The topological polar surface area (TPSA) is 286 Å². The van der Waals surface area contributed by atoms with Crippen molar-refractivity contribution in [3.63, 3.8) is 0 Å². The van der Waals surface area contributed by atoms with Crippen molar-refractivity contribution in [1.82, 2.24) is 5.32 Å². The van der Waals surface area contributed by atoms with Crippen molar-refractivity contribution in [3.05, 3.63) is 95.6 Å². The van der Waals surface area contributed by atoms with Crippen molar-refractivity contribution in [3.8, 4) is 11.1 Å². The van der Waals surface area contributed by atoms with Gasteiger partial charge in [-0.05, 0) is 27.8 Å². The van der Waals surface area contributed by atoms with Crippen LogP contribution in [0.4, 0.5) is 4.79 Å². The highest BCUT2D eigenvalue weighted by molar-refractivity contribution is 5.82. The number of carbonyl (C=O) groups is 9. The molecule has 23 nitrogen and oxygen atoms in total. The van der Waals surface area contributed by atoms with Gasteiger partial charge in [-0.1, -0.05) is 78.9 Å². The first-order chi connectivity index (χ1) is 35.3. The molecule has 398 valence electrons. The SMILES string of the molecule is CC(=O)OC[C@H]1O[C@@H](O[C@H]2[C@H](OC[C@H](NC(=O)OCC3c4ccccc4-c4ccccc43)C(=O)OCc3ccccc3)O[C@H](COC(C)=O)[C@@H](OC(C)=O)[C@@H]2OC(C)=O)[C@H](OC(C)=O)[C@@H](OC(C)=O)[C@@H]1OC(C)=O. The molecule has 3 aromatic carbocycles. The quantitative estimate of drug-likeness (QED) is 0.125. The van der Waals surface area contributed by atoms with Crippen LogP contribution in [-0.2, 0) is 107 Å². The van der Waals surface area contributed by atoms with Crippen LogP contribution >= 0.6 is 0 Å². The smallest absolute Gasteiger partial charge is 0.407 e. The molecule has 23 heteroatoms. The standard InChI is InChI=1S/C51H57NO22/c1-26(53)62-24-40-42(67-28(3)55)44(69-30(5)57)46(74-50-47(71-32(7)59)45(70-31(6)58)43(68-29(4)56)41(73-50)25-63-27(2)54)49(72-40)65-23-39(48(60)64-21-33-15-9-8-10-16-33)52-51(61)66-22-38-36-19-13-11-17-34(36)35-18-12-14-20-37(35)38/h8-20,38-47,49-50H,21-25H2,1-7H3,(H,52,61)/t39-,40+,41+,42+,43+,44-,45-,46+,47+,49+,50-/m0/s1. The summed E-state index contributed by atoms with van der Waals surface area (Å²) in [6, 6.07) is 22.2. The molecule has 1 N–H and O–H groups in total. The molecule has 0 aromatic heterocycles. The summed E-state index contributed by atoms with van der Waals surface area (Å²) in [6.45, 7) is 4.64. The summed E-state index contributed by atoms with van der Waals surface area (Å²) in [4.78, 5) is 116. The Kier molecular flexibility index (Phi) is 19.6. The van der Waals surface area contributed by atoms with Gasteiger partial charge in [0.15, 0.2) is 55.2 Å². The first kappa shape index (κ1) is 55.8. The Hall–Kier alpha value is -7.47. The van der Waals surface area contributed by atoms with Crippen LogP contribution in [0.15, 0.2) is 78.9 Å². The second-order valence-electron chi connectivity index (χ2n) is 17.1. The Morgan fingerprint density at radius 2 is 0.919 bits per heavy atom. The Morgan fingerprint density at radius 3 is 1.42 bits per heavy atom. The zero-order valence-electron chi connectivity index (χ0n) is 41.5. The number of rotatable bonds is 20. The van der Waals surface area contributed by atoms with Gasteiger partial charge >= 0.3 is 53.8 Å². The third-order valence-corrected chi connectivity index (χ3v) is 11.5. The van der Waals surface area contributed by atoms with Gasteiger partial charge in [-0.2, -0.15) is 0 Å². The Labute approximate surface area is 424 Å². The molecule has 2 saturated heterocycles. The maximum atomic E-state index is 14.0. The summed E-state index contributed by atoms with van der Waals surface area (Å²) in [5.74, 6) is -7.82. The number of hydrogen-bond acceptors (Lipinski definition) is 22. The minimum absolute atomic E-state index is 0.149. The van der Waals surface area contributed by atoms with Crippen molar-refractivity contribution >= 4 is 53.8 Å². The number of benzene rings is 3. The van der Waals surface area contributed by atoms with Crippen molar-refractivity contribution in [2.75, 3.05) is 26.4 Å². The number of alkyl carbamates (subject to hydrolysis) is 1. The molecule has 6 rings (SSSR count). The first-order valence-electron chi connectivity index (χ1n) is 23.3. The van der Waals surface area contributed by atoms with Gasteiger partial charge in [0.05, 0.1) is 6.61 Å². The molecule has 0 saturated carbocycles. The minimum atomic E-state index is -1.98. The van der Waals surface area contributed by atoms with Crippen LogP contribution in [0.2, 0.25) is 0 Å². The summed E-state index contributed by atoms with van der Waals surface area (Å²) in [7, 11) is 0. The van der Waals surface area contributed by atoms with E-state index in [1.165, 1.54) is 0 Å². The van der Waals surface area contributed by atoms with Gasteiger partial charge in [0.2, 0.25) is 0 Å². The third kappa shape index (κ3) is 15.1. The van der Waals surface area contributed by atoms with Crippen LogP contribution < -0.4 is 5.32 Å². The van der Waals surface area contributed by atoms with Gasteiger partial charge < -0.3 is 66.9 Å². The van der Waals surface area contributed by atoms with Gasteiger partial charge in [-0.3, -0.25) is 33.6 Å². The molecule has 1 aliphatic carbocycles. The van der Waals surface area contributed by atoms with Crippen LogP contribution in [0.25, 0.3) is 11.1 Å². The molecule has 74 heavy (non-hydrogen) atoms. The van der Waals surface area contributed by atoms with E-state index < -0.39 is 141 Å². The van der Waals surface area contributed by atoms with Crippen LogP contribution in [-0.4, -0.2) is 148 Å². The highest BCUT2D eigenvalue weighted by atomic mass is 16.8. The second kappa shape index (κ2) is 26.0. The Balaban J connectivity index is 1.37. The van der Waals surface area contributed by atoms with Crippen LogP contribution in [0.3, 0.4) is 0 Å². The summed E-state index contributed by atoms with van der Waals surface area (Å²) in [5, 5.41) is 2.50. The normalized spacial score (nSPS) is 24.3. The van der Waals surface area contributed by atoms with E-state index in [1.807, 2.05) is 48.5 Å². The molecule has 3 aliphatic rings. The summed E-state index contributed by atoms with van der Waals surface area (Å²) in [5.41, 5.74) is 4.36. The van der Waals surface area contributed by atoms with E-state index in [1.54, 1.807) is 30.3 Å². The number of nitrogens with one attached hydrogen (secondary N) is 1. The number of carbonyl (C=O) groups excluding carboxylic acids is 9. The van der Waals surface area contributed by atoms with E-state index in [0.717, 1.165) is 70.7 Å². The van der Waals surface area contributed by atoms with Crippen LogP contribution in [0.1, 0.15) is 71.1 Å². The summed E-state index contributed by atoms with van der Waals surface area (Å²) >= 11 is 0. The maximum Gasteiger partial charge on any atom is 0.407 e. The average Bonchev–Trinajstić information content (AvgIpc) is 3.66. The molecule has 0 spiro atoms. The van der Waals surface area contributed by atoms with Gasteiger partial charge in [0.25, 0.3) is 0 Å². The third-order valence-electron chi connectivity index (χ3n) is 11.5. The second-order valence-corrected chi connectivity index (χ2v) is 17.1. The highest BCUT2D eigenvalue weighted by Crippen LogP contribution is 2.44. The molecule has 2 aliphatic heterocycles. The lowest BCUT2D eigenvalue weighted by Gasteiger charge is -2.48. The van der Waals surface area contributed by atoms with Gasteiger partial charge in [-0.25, -0.2) is 9.59 Å². The fourth-order valence-electron chi connectivity index (χ4n) is 8.57. The fraction of sp³-hybridized carbons (Fsp3) is 0.471. The number of amides is 1. The zero-order chi connectivity index (χ0) is 53.6. The summed E-state index contributed by atoms with van der Waals surface area (Å²) in [6.07, 6.45) is -18.7. The zero-order valence-corrected chi connectivity index (χ0v) is 41.5. The van der Waals surface area contributed by atoms with Crippen molar-refractivity contribution in [2.45, 2.75) is 128 Å². The summed E-state index contributed by atoms with van der Waals surface area (Å²) < 4.78 is 75.0. The van der Waals surface area contributed by atoms with Crippen LogP contribution in [0.5, 0.6) is 0 Å². The number of hydrogen-bond donors (Lipinski definition) is 1. The van der Waals surface area contributed by atoms with Crippen LogP contribution in [0, 0.1) is 0 Å². The van der Waals surface area contributed by atoms with Crippen molar-refractivity contribution in [2.24, 2.45) is 0 Å². The number of fused-ring (bicyclic) bond motifs is 3. The van der Waals surface area contributed by atoms with E-state index in [9.17, 15) is 43.2 Å².